The molecule has 0 fully saturated rings. The number of amides is 1. The minimum Gasteiger partial charge on any atom is -0.324 e. The van der Waals surface area contributed by atoms with Crippen molar-refractivity contribution >= 4 is 28.9 Å². The molecule has 21 heavy (non-hydrogen) atoms. The Bertz CT molecular complexity index is 751. The summed E-state index contributed by atoms with van der Waals surface area (Å²) >= 11 is 5.67. The molecular weight excluding hydrogens is 300 g/mol. The summed E-state index contributed by atoms with van der Waals surface area (Å²) in [4.78, 5) is 25.5. The lowest BCUT2D eigenvalue weighted by Gasteiger charge is -2.05. The molecule has 0 aliphatic carbocycles. The Morgan fingerprint density at radius 1 is 1.57 bits per heavy atom. The minimum absolute atomic E-state index is 0.0204. The highest BCUT2D eigenvalue weighted by Gasteiger charge is 2.14. The number of halogens is 1. The van der Waals surface area contributed by atoms with Crippen molar-refractivity contribution < 1.29 is 9.72 Å². The molecule has 0 unspecified atom stereocenters. The summed E-state index contributed by atoms with van der Waals surface area (Å²) in [6.45, 7) is -0.175. The molecule has 1 aromatic heterocycles. The Morgan fingerprint density at radius 3 is 2.95 bits per heavy atom. The van der Waals surface area contributed by atoms with Gasteiger partial charge in [0, 0.05) is 11.8 Å². The van der Waals surface area contributed by atoms with Crippen LogP contribution in [-0.2, 0) is 11.3 Å². The summed E-state index contributed by atoms with van der Waals surface area (Å²) in [5.41, 5.74) is -0.0706. The van der Waals surface area contributed by atoms with Crippen LogP contribution >= 0.6 is 11.6 Å². The molecule has 0 atom stereocenters. The van der Waals surface area contributed by atoms with Crippen LogP contribution in [0.3, 0.4) is 0 Å². The van der Waals surface area contributed by atoms with Crippen molar-refractivity contribution in [2.24, 2.45) is 0 Å². The molecule has 1 aromatic carbocycles. The second-order valence-electron chi connectivity index (χ2n) is 3.85. The van der Waals surface area contributed by atoms with Crippen LogP contribution in [0.15, 0.2) is 24.5 Å². The molecule has 0 aliphatic heterocycles. The number of nitro groups is 1. The lowest BCUT2D eigenvalue weighted by molar-refractivity contribution is -0.384. The first-order valence-electron chi connectivity index (χ1n) is 5.53. The molecule has 0 bridgehead atoms. The second-order valence-corrected chi connectivity index (χ2v) is 4.26. The molecule has 0 aliphatic rings. The zero-order chi connectivity index (χ0) is 15.4. The van der Waals surface area contributed by atoms with Crippen LogP contribution in [0.1, 0.15) is 5.82 Å². The number of aromatic nitrogens is 3. The second kappa shape index (κ2) is 5.98. The third-order valence-corrected chi connectivity index (χ3v) is 2.69. The molecule has 0 saturated carbocycles. The maximum atomic E-state index is 11.8. The molecule has 9 nitrogen and oxygen atoms in total. The fourth-order valence-electron chi connectivity index (χ4n) is 1.50. The van der Waals surface area contributed by atoms with E-state index < -0.39 is 10.8 Å². The average Bonchev–Trinajstić information content (AvgIpc) is 2.88. The molecule has 2 aromatic rings. The van der Waals surface area contributed by atoms with Crippen LogP contribution in [-0.4, -0.2) is 25.6 Å². The number of carbonyl (C=O) groups is 1. The monoisotopic (exact) mass is 306 g/mol. The molecule has 0 radical (unpaired) electrons. The maximum Gasteiger partial charge on any atom is 0.289 e. The first kappa shape index (κ1) is 14.4. The topological polar surface area (TPSA) is 127 Å². The molecule has 1 amide bonds. The van der Waals surface area contributed by atoms with Gasteiger partial charge in [-0.3, -0.25) is 14.9 Å². The molecule has 106 valence electrons. The van der Waals surface area contributed by atoms with E-state index in [4.69, 9.17) is 16.9 Å². The van der Waals surface area contributed by atoms with Crippen LogP contribution in [0, 0.1) is 21.4 Å². The zero-order valence-corrected chi connectivity index (χ0v) is 11.1. The number of nitro benzene ring substituents is 1. The van der Waals surface area contributed by atoms with Gasteiger partial charge in [0.05, 0.1) is 4.92 Å². The molecule has 0 saturated heterocycles. The number of hydrogen-bond acceptors (Lipinski definition) is 6. The van der Waals surface area contributed by atoms with Gasteiger partial charge in [-0.25, -0.2) is 9.67 Å². The van der Waals surface area contributed by atoms with Crippen LogP contribution in [0.25, 0.3) is 0 Å². The number of rotatable bonds is 4. The lowest BCUT2D eigenvalue weighted by atomic mass is 10.3. The van der Waals surface area contributed by atoms with E-state index >= 15 is 0 Å². The van der Waals surface area contributed by atoms with Crippen molar-refractivity contribution in [2.75, 3.05) is 5.32 Å². The van der Waals surface area contributed by atoms with Crippen molar-refractivity contribution in [3.8, 4) is 6.07 Å². The first-order chi connectivity index (χ1) is 9.99. The van der Waals surface area contributed by atoms with Gasteiger partial charge in [0.15, 0.2) is 0 Å². The van der Waals surface area contributed by atoms with E-state index in [1.807, 2.05) is 0 Å². The molecule has 0 spiro atoms. The number of anilines is 1. The summed E-state index contributed by atoms with van der Waals surface area (Å²) in [7, 11) is 0. The third kappa shape index (κ3) is 3.52. The summed E-state index contributed by atoms with van der Waals surface area (Å²) < 4.78 is 1.18. The Hall–Kier alpha value is -2.99. The summed E-state index contributed by atoms with van der Waals surface area (Å²) in [5.74, 6) is -0.522. The molecule has 1 N–H and O–H groups in total. The van der Waals surface area contributed by atoms with Gasteiger partial charge in [0.25, 0.3) is 11.5 Å². The number of nitriles is 1. The fraction of sp³-hybridized carbons (Fsp3) is 0.0909. The van der Waals surface area contributed by atoms with E-state index in [-0.39, 0.29) is 28.8 Å². The SMILES string of the molecule is N#Cc1ncn(CC(=O)Nc2ccc(Cl)c([N+](=O)[O-])c2)n1. The lowest BCUT2D eigenvalue weighted by Crippen LogP contribution is -2.19. The summed E-state index contributed by atoms with van der Waals surface area (Å²) in [5, 5.41) is 25.5. The van der Waals surface area contributed by atoms with Crippen LogP contribution in [0.2, 0.25) is 5.02 Å². The van der Waals surface area contributed by atoms with Crippen LogP contribution in [0.4, 0.5) is 11.4 Å². The summed E-state index contributed by atoms with van der Waals surface area (Å²) in [6, 6.07) is 5.64. The van der Waals surface area contributed by atoms with Crippen molar-refractivity contribution in [3.05, 3.63) is 45.5 Å². The zero-order valence-electron chi connectivity index (χ0n) is 10.4. The molecule has 10 heteroatoms. The van der Waals surface area contributed by atoms with Gasteiger partial charge in [-0.2, -0.15) is 5.26 Å². The standard InChI is InChI=1S/C11H7ClN6O3/c12-8-2-1-7(3-9(8)18(20)21)15-11(19)5-17-6-14-10(4-13)16-17/h1-3,6H,5H2,(H,15,19). The number of nitrogens with zero attached hydrogens (tertiary/aromatic N) is 5. The smallest absolute Gasteiger partial charge is 0.289 e. The number of carbonyl (C=O) groups excluding carboxylic acids is 1. The van der Waals surface area contributed by atoms with Crippen molar-refractivity contribution in [1.29, 1.82) is 5.26 Å². The molecule has 1 heterocycles. The minimum atomic E-state index is -0.644. The summed E-state index contributed by atoms with van der Waals surface area (Å²) in [6.07, 6.45) is 1.24. The highest BCUT2D eigenvalue weighted by molar-refractivity contribution is 6.32. The van der Waals surface area contributed by atoms with E-state index in [1.54, 1.807) is 6.07 Å². The highest BCUT2D eigenvalue weighted by Crippen LogP contribution is 2.27. The average molecular weight is 307 g/mol. The third-order valence-electron chi connectivity index (χ3n) is 2.37. The quantitative estimate of drug-likeness (QED) is 0.671. The molecule has 2 rings (SSSR count). The highest BCUT2D eigenvalue weighted by atomic mass is 35.5. The van der Waals surface area contributed by atoms with Crippen LogP contribution in [0.5, 0.6) is 0 Å². The fourth-order valence-corrected chi connectivity index (χ4v) is 1.69. The van der Waals surface area contributed by atoms with Gasteiger partial charge in [-0.05, 0) is 12.1 Å². The van der Waals surface area contributed by atoms with Gasteiger partial charge >= 0.3 is 0 Å². The Labute approximate surface area is 122 Å². The number of hydrogen-bond donors (Lipinski definition) is 1. The van der Waals surface area contributed by atoms with E-state index in [9.17, 15) is 14.9 Å². The Balaban J connectivity index is 2.07. The largest absolute Gasteiger partial charge is 0.324 e. The Morgan fingerprint density at radius 2 is 2.33 bits per heavy atom. The first-order valence-corrected chi connectivity index (χ1v) is 5.90. The maximum absolute atomic E-state index is 11.8. The predicted molar refractivity (Wildman–Crippen MR) is 71.5 cm³/mol. The van der Waals surface area contributed by atoms with Gasteiger partial charge in [-0.1, -0.05) is 11.6 Å². The van der Waals surface area contributed by atoms with Crippen LogP contribution < -0.4 is 5.32 Å². The van der Waals surface area contributed by atoms with E-state index in [1.165, 1.54) is 23.1 Å². The van der Waals surface area contributed by atoms with Gasteiger partial charge < -0.3 is 5.32 Å². The number of benzene rings is 1. The van der Waals surface area contributed by atoms with Crippen molar-refractivity contribution in [2.45, 2.75) is 6.54 Å². The van der Waals surface area contributed by atoms with Crippen molar-refractivity contribution in [1.82, 2.24) is 14.8 Å². The van der Waals surface area contributed by atoms with Gasteiger partial charge in [0.2, 0.25) is 5.91 Å². The number of nitrogens with one attached hydrogen (secondary N) is 1. The van der Waals surface area contributed by atoms with E-state index in [0.29, 0.717) is 0 Å². The van der Waals surface area contributed by atoms with Gasteiger partial charge in [0.1, 0.15) is 24.0 Å². The molecular formula is C11H7ClN6O3. The normalized spacial score (nSPS) is 9.90. The van der Waals surface area contributed by atoms with E-state index in [0.717, 1.165) is 6.07 Å². The van der Waals surface area contributed by atoms with Gasteiger partial charge in [-0.15, -0.1) is 5.10 Å². The Kier molecular flexibility index (Phi) is 4.10. The van der Waals surface area contributed by atoms with E-state index in [2.05, 4.69) is 15.4 Å². The predicted octanol–water partition coefficient (Wildman–Crippen LogP) is 1.35. The van der Waals surface area contributed by atoms with Crippen molar-refractivity contribution in [3.63, 3.8) is 0 Å².